The van der Waals surface area contributed by atoms with Crippen LogP contribution in [0.4, 0.5) is 0 Å². The third-order valence-electron chi connectivity index (χ3n) is 3.51. The lowest BCUT2D eigenvalue weighted by Crippen LogP contribution is -2.51. The van der Waals surface area contributed by atoms with Gasteiger partial charge in [0.2, 0.25) is 0 Å². The molecule has 20 heavy (non-hydrogen) atoms. The molecule has 0 spiro atoms. The number of morpholine rings is 1. The Bertz CT molecular complexity index is 449. The molecule has 1 aliphatic heterocycles. The standard InChI is InChI=1S/C15H21NO4/c1-2-12-5-3-4-6-14(12)20-10-8-16-7-9-19-11-13(16)15(17)18/h3-6,13H,2,7-11H2,1H3,(H,17,18)/t13-/m0/s1. The number of hydrogen-bond donors (Lipinski definition) is 1. The predicted octanol–water partition coefficient (Wildman–Crippen LogP) is 1.41. The number of ether oxygens (including phenoxy) is 2. The predicted molar refractivity (Wildman–Crippen MR) is 75.1 cm³/mol. The van der Waals surface area contributed by atoms with E-state index in [1.54, 1.807) is 0 Å². The number of carboxylic acid groups (broad SMARTS) is 1. The highest BCUT2D eigenvalue weighted by molar-refractivity contribution is 5.73. The van der Waals surface area contributed by atoms with E-state index in [0.717, 1.165) is 12.2 Å². The van der Waals surface area contributed by atoms with E-state index in [1.165, 1.54) is 5.56 Å². The summed E-state index contributed by atoms with van der Waals surface area (Å²) in [6.45, 7) is 4.63. The zero-order valence-corrected chi connectivity index (χ0v) is 11.7. The van der Waals surface area contributed by atoms with Crippen molar-refractivity contribution in [1.82, 2.24) is 4.90 Å². The Morgan fingerprint density at radius 2 is 2.30 bits per heavy atom. The minimum Gasteiger partial charge on any atom is -0.492 e. The van der Waals surface area contributed by atoms with Gasteiger partial charge in [0.25, 0.3) is 0 Å². The summed E-state index contributed by atoms with van der Waals surface area (Å²) in [6, 6.07) is 7.38. The van der Waals surface area contributed by atoms with E-state index in [2.05, 4.69) is 6.92 Å². The molecule has 1 fully saturated rings. The molecule has 5 heteroatoms. The van der Waals surface area contributed by atoms with Crippen molar-refractivity contribution in [1.29, 1.82) is 0 Å². The number of carbonyl (C=O) groups is 1. The monoisotopic (exact) mass is 279 g/mol. The Balaban J connectivity index is 1.86. The molecule has 2 rings (SSSR count). The highest BCUT2D eigenvalue weighted by Crippen LogP contribution is 2.18. The normalized spacial score (nSPS) is 19.8. The quantitative estimate of drug-likeness (QED) is 0.853. The van der Waals surface area contributed by atoms with E-state index < -0.39 is 12.0 Å². The summed E-state index contributed by atoms with van der Waals surface area (Å²) in [5.41, 5.74) is 1.17. The van der Waals surface area contributed by atoms with E-state index in [1.807, 2.05) is 29.2 Å². The van der Waals surface area contributed by atoms with E-state index in [9.17, 15) is 4.79 Å². The van der Waals surface area contributed by atoms with Crippen LogP contribution in [0.15, 0.2) is 24.3 Å². The van der Waals surface area contributed by atoms with Crippen LogP contribution in [0.1, 0.15) is 12.5 Å². The van der Waals surface area contributed by atoms with Crippen molar-refractivity contribution < 1.29 is 19.4 Å². The van der Waals surface area contributed by atoms with Crippen molar-refractivity contribution >= 4 is 5.97 Å². The highest BCUT2D eigenvalue weighted by Gasteiger charge is 2.28. The lowest BCUT2D eigenvalue weighted by atomic mass is 10.1. The van der Waals surface area contributed by atoms with Gasteiger partial charge in [0.05, 0.1) is 13.2 Å². The molecule has 1 aromatic carbocycles. The van der Waals surface area contributed by atoms with Crippen LogP contribution in [0.5, 0.6) is 5.75 Å². The third kappa shape index (κ3) is 3.71. The number of benzene rings is 1. The van der Waals surface area contributed by atoms with Crippen molar-refractivity contribution in [2.45, 2.75) is 19.4 Å². The Labute approximate surface area is 119 Å². The maximum atomic E-state index is 11.1. The van der Waals surface area contributed by atoms with Gasteiger partial charge in [-0.25, -0.2) is 0 Å². The summed E-state index contributed by atoms with van der Waals surface area (Å²) in [7, 11) is 0. The number of rotatable bonds is 6. The van der Waals surface area contributed by atoms with E-state index in [-0.39, 0.29) is 6.61 Å². The molecular weight excluding hydrogens is 258 g/mol. The van der Waals surface area contributed by atoms with E-state index in [0.29, 0.717) is 26.3 Å². The summed E-state index contributed by atoms with van der Waals surface area (Å²) in [5, 5.41) is 9.14. The Hall–Kier alpha value is -1.59. The SMILES string of the molecule is CCc1ccccc1OCCN1CCOC[C@H]1C(=O)O. The molecule has 1 heterocycles. The number of para-hydroxylation sites is 1. The number of aliphatic carboxylic acids is 1. The minimum atomic E-state index is -0.835. The van der Waals surface area contributed by atoms with Crippen LogP contribution in [0.3, 0.4) is 0 Å². The summed E-state index contributed by atoms with van der Waals surface area (Å²) in [6.07, 6.45) is 0.922. The molecule has 0 amide bonds. The maximum Gasteiger partial charge on any atom is 0.323 e. The lowest BCUT2D eigenvalue weighted by Gasteiger charge is -2.32. The van der Waals surface area contributed by atoms with Crippen molar-refractivity contribution in [3.63, 3.8) is 0 Å². The Morgan fingerprint density at radius 3 is 3.05 bits per heavy atom. The molecule has 1 saturated heterocycles. The van der Waals surface area contributed by atoms with Gasteiger partial charge in [-0.05, 0) is 18.1 Å². The van der Waals surface area contributed by atoms with Gasteiger partial charge in [0.1, 0.15) is 18.4 Å². The Morgan fingerprint density at radius 1 is 1.50 bits per heavy atom. The molecule has 1 aromatic rings. The van der Waals surface area contributed by atoms with Gasteiger partial charge in [0, 0.05) is 13.1 Å². The molecule has 0 aromatic heterocycles. The molecule has 0 radical (unpaired) electrons. The van der Waals surface area contributed by atoms with Crippen LogP contribution in [0, 0.1) is 0 Å². The molecule has 0 unspecified atom stereocenters. The second-order valence-electron chi connectivity index (χ2n) is 4.77. The average molecular weight is 279 g/mol. The second kappa shape index (κ2) is 7.26. The smallest absolute Gasteiger partial charge is 0.323 e. The van der Waals surface area contributed by atoms with Gasteiger partial charge < -0.3 is 14.6 Å². The van der Waals surface area contributed by atoms with Crippen molar-refractivity contribution in [3.8, 4) is 5.75 Å². The van der Waals surface area contributed by atoms with Gasteiger partial charge in [-0.1, -0.05) is 25.1 Å². The van der Waals surface area contributed by atoms with Crippen molar-refractivity contribution in [2.75, 3.05) is 32.9 Å². The van der Waals surface area contributed by atoms with Crippen molar-refractivity contribution in [2.24, 2.45) is 0 Å². The largest absolute Gasteiger partial charge is 0.492 e. The van der Waals surface area contributed by atoms with E-state index >= 15 is 0 Å². The molecule has 1 atom stereocenters. The molecule has 110 valence electrons. The lowest BCUT2D eigenvalue weighted by molar-refractivity contribution is -0.149. The van der Waals surface area contributed by atoms with Crippen LogP contribution >= 0.6 is 0 Å². The first-order valence-electron chi connectivity index (χ1n) is 6.97. The number of hydrogen-bond acceptors (Lipinski definition) is 4. The first-order valence-corrected chi connectivity index (χ1v) is 6.97. The number of nitrogens with zero attached hydrogens (tertiary/aromatic N) is 1. The maximum absolute atomic E-state index is 11.1. The fourth-order valence-corrected chi connectivity index (χ4v) is 2.34. The number of carboxylic acids is 1. The topological polar surface area (TPSA) is 59.0 Å². The molecule has 1 N–H and O–H groups in total. The summed E-state index contributed by atoms with van der Waals surface area (Å²) in [5.74, 6) is 0.0498. The van der Waals surface area contributed by atoms with Gasteiger partial charge in [0.15, 0.2) is 0 Å². The van der Waals surface area contributed by atoms with Crippen LogP contribution in [-0.4, -0.2) is 54.9 Å². The zero-order chi connectivity index (χ0) is 14.4. The first kappa shape index (κ1) is 14.8. The number of aryl methyl sites for hydroxylation is 1. The van der Waals surface area contributed by atoms with Crippen molar-refractivity contribution in [3.05, 3.63) is 29.8 Å². The van der Waals surface area contributed by atoms with Crippen LogP contribution in [0.2, 0.25) is 0 Å². The zero-order valence-electron chi connectivity index (χ0n) is 11.7. The fraction of sp³-hybridized carbons (Fsp3) is 0.533. The van der Waals surface area contributed by atoms with Gasteiger partial charge >= 0.3 is 5.97 Å². The van der Waals surface area contributed by atoms with Crippen LogP contribution in [0.25, 0.3) is 0 Å². The third-order valence-corrected chi connectivity index (χ3v) is 3.51. The van der Waals surface area contributed by atoms with Gasteiger partial charge in [-0.3, -0.25) is 9.69 Å². The first-order chi connectivity index (χ1) is 9.72. The fourth-order valence-electron chi connectivity index (χ4n) is 2.34. The minimum absolute atomic E-state index is 0.251. The molecule has 0 aliphatic carbocycles. The van der Waals surface area contributed by atoms with Crippen LogP contribution in [-0.2, 0) is 16.0 Å². The van der Waals surface area contributed by atoms with Gasteiger partial charge in [-0.2, -0.15) is 0 Å². The molecular formula is C15H21NO4. The van der Waals surface area contributed by atoms with Crippen LogP contribution < -0.4 is 4.74 Å². The van der Waals surface area contributed by atoms with E-state index in [4.69, 9.17) is 14.6 Å². The highest BCUT2D eigenvalue weighted by atomic mass is 16.5. The molecule has 0 saturated carbocycles. The summed E-state index contributed by atoms with van der Waals surface area (Å²) < 4.78 is 11.0. The Kier molecular flexibility index (Phi) is 5.38. The summed E-state index contributed by atoms with van der Waals surface area (Å²) >= 11 is 0. The average Bonchev–Trinajstić information content (AvgIpc) is 2.48. The molecule has 5 nitrogen and oxygen atoms in total. The van der Waals surface area contributed by atoms with Gasteiger partial charge in [-0.15, -0.1) is 0 Å². The molecule has 0 bridgehead atoms. The molecule has 1 aliphatic rings. The summed E-state index contributed by atoms with van der Waals surface area (Å²) in [4.78, 5) is 13.0. The second-order valence-corrected chi connectivity index (χ2v) is 4.77.